The van der Waals surface area contributed by atoms with Gasteiger partial charge in [-0.05, 0) is 12.8 Å². The average molecular weight is 239 g/mol. The van der Waals surface area contributed by atoms with Gasteiger partial charge in [0.1, 0.15) is 0 Å². The van der Waals surface area contributed by atoms with E-state index in [2.05, 4.69) is 15.6 Å². The van der Waals surface area contributed by atoms with Crippen LogP contribution in [-0.2, 0) is 0 Å². The SMILES string of the molecule is O=C(Nc1nccs1)NC1CCCCCC1. The molecule has 0 aliphatic heterocycles. The summed E-state index contributed by atoms with van der Waals surface area (Å²) in [5.74, 6) is 0. The number of hydrogen-bond acceptors (Lipinski definition) is 3. The number of hydrogen-bond donors (Lipinski definition) is 2. The highest BCUT2D eigenvalue weighted by Gasteiger charge is 2.14. The van der Waals surface area contributed by atoms with E-state index in [-0.39, 0.29) is 6.03 Å². The van der Waals surface area contributed by atoms with Gasteiger partial charge in [-0.2, -0.15) is 0 Å². The third kappa shape index (κ3) is 3.48. The van der Waals surface area contributed by atoms with Crippen molar-refractivity contribution in [3.05, 3.63) is 11.6 Å². The Hall–Kier alpha value is -1.10. The normalized spacial score (nSPS) is 17.8. The summed E-state index contributed by atoms with van der Waals surface area (Å²) in [7, 11) is 0. The van der Waals surface area contributed by atoms with E-state index in [0.717, 1.165) is 12.8 Å². The molecule has 5 heteroatoms. The van der Waals surface area contributed by atoms with E-state index in [0.29, 0.717) is 11.2 Å². The summed E-state index contributed by atoms with van der Waals surface area (Å²) in [4.78, 5) is 15.6. The number of amides is 2. The molecule has 2 amide bonds. The van der Waals surface area contributed by atoms with Crippen LogP contribution in [0.2, 0.25) is 0 Å². The quantitative estimate of drug-likeness (QED) is 0.779. The topological polar surface area (TPSA) is 54.0 Å². The molecule has 0 radical (unpaired) electrons. The maximum Gasteiger partial charge on any atom is 0.321 e. The molecule has 2 N–H and O–H groups in total. The summed E-state index contributed by atoms with van der Waals surface area (Å²) in [5.41, 5.74) is 0. The van der Waals surface area contributed by atoms with Gasteiger partial charge in [0.15, 0.2) is 5.13 Å². The van der Waals surface area contributed by atoms with Crippen molar-refractivity contribution in [2.45, 2.75) is 44.6 Å². The minimum Gasteiger partial charge on any atom is -0.335 e. The minimum absolute atomic E-state index is 0.123. The van der Waals surface area contributed by atoms with Crippen molar-refractivity contribution in [3.63, 3.8) is 0 Å². The maximum atomic E-state index is 11.6. The van der Waals surface area contributed by atoms with Crippen LogP contribution in [0, 0.1) is 0 Å². The number of aromatic nitrogens is 1. The van der Waals surface area contributed by atoms with Gasteiger partial charge < -0.3 is 5.32 Å². The summed E-state index contributed by atoms with van der Waals surface area (Å²) in [6, 6.07) is 0.212. The van der Waals surface area contributed by atoms with Crippen LogP contribution in [0.4, 0.5) is 9.93 Å². The zero-order chi connectivity index (χ0) is 11.2. The number of carbonyl (C=O) groups is 1. The largest absolute Gasteiger partial charge is 0.335 e. The molecule has 2 rings (SSSR count). The van der Waals surface area contributed by atoms with Crippen LogP contribution in [0.25, 0.3) is 0 Å². The zero-order valence-corrected chi connectivity index (χ0v) is 10.1. The van der Waals surface area contributed by atoms with Crippen LogP contribution in [0.1, 0.15) is 38.5 Å². The number of nitrogens with one attached hydrogen (secondary N) is 2. The summed E-state index contributed by atoms with van der Waals surface area (Å²) < 4.78 is 0. The van der Waals surface area contributed by atoms with Gasteiger partial charge in [-0.15, -0.1) is 11.3 Å². The van der Waals surface area contributed by atoms with Crippen molar-refractivity contribution in [2.75, 3.05) is 5.32 Å². The number of urea groups is 1. The van der Waals surface area contributed by atoms with Crippen molar-refractivity contribution >= 4 is 22.5 Å². The summed E-state index contributed by atoms with van der Waals surface area (Å²) in [6.07, 6.45) is 8.94. The van der Waals surface area contributed by atoms with Crippen LogP contribution in [0.15, 0.2) is 11.6 Å². The van der Waals surface area contributed by atoms with Gasteiger partial charge in [0.2, 0.25) is 0 Å². The highest BCUT2D eigenvalue weighted by molar-refractivity contribution is 7.13. The smallest absolute Gasteiger partial charge is 0.321 e. The Kier molecular flexibility index (Phi) is 4.16. The van der Waals surface area contributed by atoms with Crippen molar-refractivity contribution in [1.82, 2.24) is 10.3 Å². The Balaban J connectivity index is 1.77. The second kappa shape index (κ2) is 5.84. The third-order valence-corrected chi connectivity index (χ3v) is 3.53. The molecule has 0 spiro atoms. The van der Waals surface area contributed by atoms with Gasteiger partial charge in [-0.1, -0.05) is 25.7 Å². The van der Waals surface area contributed by atoms with E-state index in [1.165, 1.54) is 37.0 Å². The standard InChI is InChI=1S/C11H17N3OS/c15-10(14-11-12-7-8-16-11)13-9-5-3-1-2-4-6-9/h7-9H,1-6H2,(H2,12,13,14,15). The van der Waals surface area contributed by atoms with Crippen LogP contribution < -0.4 is 10.6 Å². The molecule has 1 aromatic heterocycles. The Morgan fingerprint density at radius 3 is 2.69 bits per heavy atom. The Morgan fingerprint density at radius 1 is 1.31 bits per heavy atom. The van der Waals surface area contributed by atoms with E-state index in [1.807, 2.05) is 5.38 Å². The van der Waals surface area contributed by atoms with E-state index in [4.69, 9.17) is 0 Å². The van der Waals surface area contributed by atoms with Crippen molar-refractivity contribution in [3.8, 4) is 0 Å². The fourth-order valence-electron chi connectivity index (χ4n) is 2.03. The van der Waals surface area contributed by atoms with E-state index < -0.39 is 0 Å². The number of thiazole rings is 1. The number of nitrogens with zero attached hydrogens (tertiary/aromatic N) is 1. The lowest BCUT2D eigenvalue weighted by molar-refractivity contribution is 0.247. The molecule has 1 fully saturated rings. The molecule has 0 atom stereocenters. The first-order valence-corrected chi connectivity index (χ1v) is 6.69. The molecule has 1 aliphatic carbocycles. The van der Waals surface area contributed by atoms with Crippen LogP contribution in [0.5, 0.6) is 0 Å². The first-order chi connectivity index (χ1) is 7.84. The minimum atomic E-state index is -0.123. The number of carbonyl (C=O) groups excluding carboxylic acids is 1. The molecule has 16 heavy (non-hydrogen) atoms. The van der Waals surface area contributed by atoms with Crippen molar-refractivity contribution in [2.24, 2.45) is 0 Å². The Labute approximate surface area is 99.5 Å². The van der Waals surface area contributed by atoms with Gasteiger partial charge in [0.05, 0.1) is 0 Å². The third-order valence-electron chi connectivity index (χ3n) is 2.84. The Morgan fingerprint density at radius 2 is 2.06 bits per heavy atom. The second-order valence-electron chi connectivity index (χ2n) is 4.12. The maximum absolute atomic E-state index is 11.6. The second-order valence-corrected chi connectivity index (χ2v) is 5.02. The van der Waals surface area contributed by atoms with Gasteiger partial charge in [-0.3, -0.25) is 5.32 Å². The van der Waals surface area contributed by atoms with E-state index in [1.54, 1.807) is 6.20 Å². The van der Waals surface area contributed by atoms with Gasteiger partial charge in [-0.25, -0.2) is 9.78 Å². The monoisotopic (exact) mass is 239 g/mol. The van der Waals surface area contributed by atoms with E-state index in [9.17, 15) is 4.79 Å². The number of rotatable bonds is 2. The lowest BCUT2D eigenvalue weighted by atomic mass is 10.1. The molecular formula is C11H17N3OS. The summed E-state index contributed by atoms with van der Waals surface area (Å²) >= 11 is 1.43. The first kappa shape index (κ1) is 11.4. The highest BCUT2D eigenvalue weighted by Crippen LogP contribution is 2.17. The van der Waals surface area contributed by atoms with Crippen LogP contribution in [0.3, 0.4) is 0 Å². The lowest BCUT2D eigenvalue weighted by Gasteiger charge is -2.15. The van der Waals surface area contributed by atoms with Crippen molar-refractivity contribution < 1.29 is 4.79 Å². The number of anilines is 1. The molecule has 1 heterocycles. The zero-order valence-electron chi connectivity index (χ0n) is 9.24. The molecule has 0 aromatic carbocycles. The average Bonchev–Trinajstić information content (AvgIpc) is 2.62. The molecule has 0 saturated heterocycles. The predicted octanol–water partition coefficient (Wildman–Crippen LogP) is 2.99. The lowest BCUT2D eigenvalue weighted by Crippen LogP contribution is -2.37. The molecule has 0 bridgehead atoms. The fraction of sp³-hybridized carbons (Fsp3) is 0.636. The molecule has 0 unspecified atom stereocenters. The molecule has 1 aliphatic rings. The van der Waals surface area contributed by atoms with Gasteiger partial charge in [0.25, 0.3) is 0 Å². The molecule has 1 aromatic rings. The van der Waals surface area contributed by atoms with Crippen LogP contribution >= 0.6 is 11.3 Å². The summed E-state index contributed by atoms with van der Waals surface area (Å²) in [5, 5.41) is 8.27. The molecule has 88 valence electrons. The molecule has 4 nitrogen and oxygen atoms in total. The molecule has 1 saturated carbocycles. The molecular weight excluding hydrogens is 222 g/mol. The van der Waals surface area contributed by atoms with E-state index >= 15 is 0 Å². The predicted molar refractivity (Wildman–Crippen MR) is 65.8 cm³/mol. The van der Waals surface area contributed by atoms with Gasteiger partial charge >= 0.3 is 6.03 Å². The fourth-order valence-corrected chi connectivity index (χ4v) is 2.55. The highest BCUT2D eigenvalue weighted by atomic mass is 32.1. The van der Waals surface area contributed by atoms with Crippen LogP contribution in [-0.4, -0.2) is 17.1 Å². The Bertz CT molecular complexity index is 318. The first-order valence-electron chi connectivity index (χ1n) is 5.81. The summed E-state index contributed by atoms with van der Waals surface area (Å²) in [6.45, 7) is 0. The van der Waals surface area contributed by atoms with Gasteiger partial charge in [0, 0.05) is 17.6 Å². The van der Waals surface area contributed by atoms with Crippen molar-refractivity contribution in [1.29, 1.82) is 0 Å².